The zero-order chi connectivity index (χ0) is 14.5. The summed E-state index contributed by atoms with van der Waals surface area (Å²) < 4.78 is 5.79. The Morgan fingerprint density at radius 1 is 1.30 bits per heavy atom. The molecule has 2 aromatic rings. The fourth-order valence-electron chi connectivity index (χ4n) is 2.00. The Kier molecular flexibility index (Phi) is 4.85. The molecule has 4 heteroatoms. The van der Waals surface area contributed by atoms with Crippen LogP contribution in [0.3, 0.4) is 0 Å². The van der Waals surface area contributed by atoms with Crippen molar-refractivity contribution in [2.45, 2.75) is 32.7 Å². The maximum atomic E-state index is 11.6. The highest BCUT2D eigenvalue weighted by atomic mass is 35.5. The minimum Gasteiger partial charge on any atom is -0.459 e. The Hall–Kier alpha value is -1.74. The molecule has 0 spiro atoms. The number of amides is 1. The number of halogens is 1. The molecule has 20 heavy (non-hydrogen) atoms. The van der Waals surface area contributed by atoms with Crippen molar-refractivity contribution in [2.24, 2.45) is 0 Å². The number of benzene rings is 1. The van der Waals surface area contributed by atoms with Crippen LogP contribution in [0, 0.1) is 0 Å². The first kappa shape index (κ1) is 14.7. The van der Waals surface area contributed by atoms with Crippen LogP contribution in [0.25, 0.3) is 11.3 Å². The van der Waals surface area contributed by atoms with E-state index in [0.29, 0.717) is 17.2 Å². The molecule has 1 heterocycles. The lowest BCUT2D eigenvalue weighted by atomic mass is 10.2. The second-order valence-electron chi connectivity index (χ2n) is 4.72. The molecule has 0 aliphatic heterocycles. The summed E-state index contributed by atoms with van der Waals surface area (Å²) in [5.74, 6) is 1.47. The number of nitrogens with one attached hydrogen (secondary N) is 1. The third kappa shape index (κ3) is 3.42. The van der Waals surface area contributed by atoms with E-state index in [-0.39, 0.29) is 11.9 Å². The van der Waals surface area contributed by atoms with Crippen molar-refractivity contribution in [3.63, 3.8) is 0 Å². The zero-order valence-corrected chi connectivity index (χ0v) is 12.4. The minimum absolute atomic E-state index is 0.0377. The Bertz CT molecular complexity index is 592. The first-order valence-electron chi connectivity index (χ1n) is 6.75. The summed E-state index contributed by atoms with van der Waals surface area (Å²) in [6.45, 7) is 3.88. The fraction of sp³-hybridized carbons (Fsp3) is 0.312. The van der Waals surface area contributed by atoms with E-state index in [0.717, 1.165) is 17.7 Å². The molecule has 1 atom stereocenters. The van der Waals surface area contributed by atoms with Crippen molar-refractivity contribution in [3.05, 3.63) is 47.2 Å². The molecule has 0 aliphatic rings. The summed E-state index contributed by atoms with van der Waals surface area (Å²) in [6, 6.07) is 11.1. The number of rotatable bonds is 5. The van der Waals surface area contributed by atoms with Gasteiger partial charge in [0.05, 0.1) is 11.1 Å². The van der Waals surface area contributed by atoms with E-state index in [4.69, 9.17) is 16.0 Å². The van der Waals surface area contributed by atoms with Crippen LogP contribution in [0.15, 0.2) is 40.8 Å². The number of hydrogen-bond acceptors (Lipinski definition) is 2. The Balaban J connectivity index is 2.13. The van der Waals surface area contributed by atoms with Gasteiger partial charge in [-0.05, 0) is 37.6 Å². The molecule has 0 radical (unpaired) electrons. The zero-order valence-electron chi connectivity index (χ0n) is 11.7. The highest BCUT2D eigenvalue weighted by molar-refractivity contribution is 6.33. The monoisotopic (exact) mass is 291 g/mol. The molecular formula is C16H18ClNO2. The fourth-order valence-corrected chi connectivity index (χ4v) is 2.23. The average molecular weight is 292 g/mol. The highest BCUT2D eigenvalue weighted by Crippen LogP contribution is 2.30. The van der Waals surface area contributed by atoms with Gasteiger partial charge < -0.3 is 9.73 Å². The lowest BCUT2D eigenvalue weighted by Gasteiger charge is -2.11. The van der Waals surface area contributed by atoms with Gasteiger partial charge in [-0.1, -0.05) is 30.7 Å². The van der Waals surface area contributed by atoms with Gasteiger partial charge in [-0.2, -0.15) is 0 Å². The predicted molar refractivity (Wildman–Crippen MR) is 80.6 cm³/mol. The maximum Gasteiger partial charge on any atom is 0.220 e. The van der Waals surface area contributed by atoms with Crippen LogP contribution in [0.4, 0.5) is 0 Å². The summed E-state index contributed by atoms with van der Waals surface area (Å²) in [4.78, 5) is 11.6. The Labute approximate surface area is 123 Å². The lowest BCUT2D eigenvalue weighted by molar-refractivity contribution is -0.121. The van der Waals surface area contributed by atoms with Gasteiger partial charge in [0.2, 0.25) is 5.91 Å². The number of carbonyl (C=O) groups excluding carboxylic acids is 1. The molecule has 0 fully saturated rings. The first-order chi connectivity index (χ1) is 9.61. The van der Waals surface area contributed by atoms with E-state index in [1.54, 1.807) is 0 Å². The summed E-state index contributed by atoms with van der Waals surface area (Å²) in [5.41, 5.74) is 0.854. The molecule has 1 aromatic carbocycles. The normalized spacial score (nSPS) is 12.2. The first-order valence-corrected chi connectivity index (χ1v) is 7.13. The van der Waals surface area contributed by atoms with Gasteiger partial charge >= 0.3 is 0 Å². The Morgan fingerprint density at radius 2 is 2.05 bits per heavy atom. The van der Waals surface area contributed by atoms with Gasteiger partial charge in [0.15, 0.2) is 0 Å². The summed E-state index contributed by atoms with van der Waals surface area (Å²) in [5, 5.41) is 3.56. The number of hydrogen-bond donors (Lipinski definition) is 1. The van der Waals surface area contributed by atoms with Gasteiger partial charge in [0.1, 0.15) is 11.5 Å². The number of carbonyl (C=O) groups is 1. The molecule has 3 nitrogen and oxygen atoms in total. The lowest BCUT2D eigenvalue weighted by Crippen LogP contribution is -2.25. The third-order valence-corrected chi connectivity index (χ3v) is 3.38. The predicted octanol–water partition coefficient (Wildman–Crippen LogP) is 4.58. The van der Waals surface area contributed by atoms with Crippen LogP contribution in [-0.4, -0.2) is 5.91 Å². The maximum absolute atomic E-state index is 11.6. The second kappa shape index (κ2) is 6.62. The van der Waals surface area contributed by atoms with Crippen molar-refractivity contribution < 1.29 is 9.21 Å². The van der Waals surface area contributed by atoms with Gasteiger partial charge in [-0.3, -0.25) is 4.79 Å². The van der Waals surface area contributed by atoms with Gasteiger partial charge in [0, 0.05) is 12.0 Å². The van der Waals surface area contributed by atoms with E-state index in [2.05, 4.69) is 5.32 Å². The Morgan fingerprint density at radius 3 is 2.75 bits per heavy atom. The third-order valence-electron chi connectivity index (χ3n) is 3.05. The smallest absolute Gasteiger partial charge is 0.220 e. The standard InChI is InChI=1S/C16H18ClNO2/c1-3-6-16(19)18-11(2)14-9-10-15(20-14)12-7-4-5-8-13(12)17/h4-5,7-11H,3,6H2,1-2H3,(H,18,19)/t11-/m1/s1. The van der Waals surface area contributed by atoms with Gasteiger partial charge in [-0.15, -0.1) is 0 Å². The van der Waals surface area contributed by atoms with Crippen molar-refractivity contribution in [2.75, 3.05) is 0 Å². The van der Waals surface area contributed by atoms with E-state index in [1.165, 1.54) is 0 Å². The molecule has 1 aromatic heterocycles. The largest absolute Gasteiger partial charge is 0.459 e. The molecule has 0 aliphatic carbocycles. The van der Waals surface area contributed by atoms with Crippen molar-refractivity contribution in [1.29, 1.82) is 0 Å². The van der Waals surface area contributed by atoms with Gasteiger partial charge in [0.25, 0.3) is 0 Å². The van der Waals surface area contributed by atoms with Crippen molar-refractivity contribution in [3.8, 4) is 11.3 Å². The second-order valence-corrected chi connectivity index (χ2v) is 5.13. The summed E-state index contributed by atoms with van der Waals surface area (Å²) in [6.07, 6.45) is 1.37. The van der Waals surface area contributed by atoms with Crippen LogP contribution >= 0.6 is 11.6 Å². The summed E-state index contributed by atoms with van der Waals surface area (Å²) >= 11 is 6.14. The van der Waals surface area contributed by atoms with Crippen LogP contribution in [0.5, 0.6) is 0 Å². The van der Waals surface area contributed by atoms with Crippen molar-refractivity contribution >= 4 is 17.5 Å². The van der Waals surface area contributed by atoms with Crippen molar-refractivity contribution in [1.82, 2.24) is 5.32 Å². The van der Waals surface area contributed by atoms with E-state index >= 15 is 0 Å². The quantitative estimate of drug-likeness (QED) is 0.876. The highest BCUT2D eigenvalue weighted by Gasteiger charge is 2.14. The van der Waals surface area contributed by atoms with Gasteiger partial charge in [-0.25, -0.2) is 0 Å². The molecule has 0 saturated heterocycles. The number of furan rings is 1. The summed E-state index contributed by atoms with van der Waals surface area (Å²) in [7, 11) is 0. The van der Waals surface area contributed by atoms with Crippen LogP contribution in [-0.2, 0) is 4.79 Å². The topological polar surface area (TPSA) is 42.2 Å². The van der Waals surface area contributed by atoms with E-state index in [9.17, 15) is 4.79 Å². The van der Waals surface area contributed by atoms with E-state index in [1.807, 2.05) is 50.2 Å². The molecule has 1 N–H and O–H groups in total. The molecule has 2 rings (SSSR count). The molecule has 0 saturated carbocycles. The average Bonchev–Trinajstić information content (AvgIpc) is 2.89. The molecular weight excluding hydrogens is 274 g/mol. The minimum atomic E-state index is -0.148. The molecule has 106 valence electrons. The molecule has 0 unspecified atom stereocenters. The molecule has 1 amide bonds. The SMILES string of the molecule is CCCC(=O)N[C@H](C)c1ccc(-c2ccccc2Cl)o1. The van der Waals surface area contributed by atoms with Crippen LogP contribution < -0.4 is 5.32 Å². The van der Waals surface area contributed by atoms with Crippen LogP contribution in [0.2, 0.25) is 5.02 Å². The van der Waals surface area contributed by atoms with Crippen LogP contribution in [0.1, 0.15) is 38.5 Å². The van der Waals surface area contributed by atoms with E-state index < -0.39 is 0 Å². The molecule has 0 bridgehead atoms.